The molecule has 1 unspecified atom stereocenters. The maximum Gasteiger partial charge on any atom is 0.101 e. The molecule has 0 aliphatic carbocycles. The van der Waals surface area contributed by atoms with E-state index < -0.39 is 0 Å². The molecule has 0 radical (unpaired) electrons. The van der Waals surface area contributed by atoms with Gasteiger partial charge in [0.2, 0.25) is 0 Å². The SMILES string of the molecule is CCCCCCCCCCCCCC1N(CCCCCC)C=CN1CCCCCCCCCC. The van der Waals surface area contributed by atoms with E-state index in [2.05, 4.69) is 43.0 Å². The molecule has 0 amide bonds. The average molecular weight is 477 g/mol. The average Bonchev–Trinajstić information content (AvgIpc) is 3.23. The fourth-order valence-electron chi connectivity index (χ4n) is 5.48. The molecule has 0 aromatic heterocycles. The Morgan fingerprint density at radius 1 is 0.382 bits per heavy atom. The Balaban J connectivity index is 2.20. The van der Waals surface area contributed by atoms with Gasteiger partial charge in [-0.05, 0) is 25.7 Å². The van der Waals surface area contributed by atoms with Gasteiger partial charge in [0.05, 0.1) is 0 Å². The van der Waals surface area contributed by atoms with Crippen molar-refractivity contribution in [3.05, 3.63) is 12.4 Å². The molecule has 202 valence electrons. The van der Waals surface area contributed by atoms with E-state index in [0.717, 1.165) is 0 Å². The van der Waals surface area contributed by atoms with Gasteiger partial charge in [-0.3, -0.25) is 0 Å². The molecule has 0 aromatic carbocycles. The van der Waals surface area contributed by atoms with Crippen molar-refractivity contribution in [1.82, 2.24) is 9.80 Å². The quantitative estimate of drug-likeness (QED) is 0.114. The van der Waals surface area contributed by atoms with Crippen LogP contribution in [0, 0.1) is 0 Å². The fraction of sp³-hybridized carbons (Fsp3) is 0.938. The van der Waals surface area contributed by atoms with Crippen LogP contribution in [0.2, 0.25) is 0 Å². The number of hydrogen-bond donors (Lipinski definition) is 0. The van der Waals surface area contributed by atoms with Crippen LogP contribution in [0.4, 0.5) is 0 Å². The van der Waals surface area contributed by atoms with E-state index in [1.165, 1.54) is 167 Å². The van der Waals surface area contributed by atoms with E-state index in [9.17, 15) is 0 Å². The Kier molecular flexibility index (Phi) is 22.2. The lowest BCUT2D eigenvalue weighted by Crippen LogP contribution is -2.39. The summed E-state index contributed by atoms with van der Waals surface area (Å²) in [5.74, 6) is 0. The first kappa shape index (κ1) is 31.4. The molecule has 2 nitrogen and oxygen atoms in total. The molecule has 2 heteroatoms. The summed E-state index contributed by atoms with van der Waals surface area (Å²) in [6.45, 7) is 9.45. The smallest absolute Gasteiger partial charge is 0.101 e. The van der Waals surface area contributed by atoms with Gasteiger partial charge in [0, 0.05) is 25.5 Å². The standard InChI is InChI=1S/C32H64N2/c1-4-7-10-13-15-17-18-19-20-22-24-27-32-33(28-25-12-9-6-3)30-31-34(32)29-26-23-21-16-14-11-8-5-2/h30-32H,4-29H2,1-3H3. The molecule has 0 N–H and O–H groups in total. The normalized spacial score (nSPS) is 15.7. The monoisotopic (exact) mass is 477 g/mol. The molecule has 1 aliphatic rings. The van der Waals surface area contributed by atoms with Crippen LogP contribution < -0.4 is 0 Å². The van der Waals surface area contributed by atoms with Crippen LogP contribution in [0.5, 0.6) is 0 Å². The van der Waals surface area contributed by atoms with Gasteiger partial charge in [-0.2, -0.15) is 0 Å². The molecule has 1 aliphatic heterocycles. The predicted molar refractivity (Wildman–Crippen MR) is 154 cm³/mol. The first-order valence-corrected chi connectivity index (χ1v) is 16.0. The second-order valence-electron chi connectivity index (χ2n) is 11.1. The van der Waals surface area contributed by atoms with Gasteiger partial charge >= 0.3 is 0 Å². The second kappa shape index (κ2) is 24.1. The van der Waals surface area contributed by atoms with Crippen LogP contribution in [-0.2, 0) is 0 Å². The summed E-state index contributed by atoms with van der Waals surface area (Å²) in [7, 11) is 0. The van der Waals surface area contributed by atoms with Gasteiger partial charge in [-0.25, -0.2) is 0 Å². The van der Waals surface area contributed by atoms with Gasteiger partial charge in [-0.1, -0.05) is 149 Å². The lowest BCUT2D eigenvalue weighted by atomic mass is 10.0. The minimum absolute atomic E-state index is 0.643. The number of unbranched alkanes of at least 4 members (excludes halogenated alkanes) is 20. The van der Waals surface area contributed by atoms with Gasteiger partial charge in [0.1, 0.15) is 6.17 Å². The van der Waals surface area contributed by atoms with Crippen molar-refractivity contribution in [2.24, 2.45) is 0 Å². The topological polar surface area (TPSA) is 6.48 Å². The van der Waals surface area contributed by atoms with E-state index >= 15 is 0 Å². The van der Waals surface area contributed by atoms with E-state index in [0.29, 0.717) is 6.17 Å². The fourth-order valence-corrected chi connectivity index (χ4v) is 5.48. The van der Waals surface area contributed by atoms with Crippen molar-refractivity contribution in [2.75, 3.05) is 13.1 Å². The van der Waals surface area contributed by atoms with Crippen molar-refractivity contribution in [3.8, 4) is 0 Å². The minimum Gasteiger partial charge on any atom is -0.356 e. The Hall–Kier alpha value is -0.660. The maximum absolute atomic E-state index is 2.69. The first-order valence-electron chi connectivity index (χ1n) is 16.0. The van der Waals surface area contributed by atoms with Crippen molar-refractivity contribution in [3.63, 3.8) is 0 Å². The highest BCUT2D eigenvalue weighted by molar-refractivity contribution is 4.97. The summed E-state index contributed by atoms with van der Waals surface area (Å²) in [6.07, 6.45) is 39.5. The van der Waals surface area contributed by atoms with E-state index in [1.54, 1.807) is 0 Å². The van der Waals surface area contributed by atoms with E-state index in [-0.39, 0.29) is 0 Å². The molecule has 0 fully saturated rings. The molecule has 0 saturated heterocycles. The van der Waals surface area contributed by atoms with Crippen molar-refractivity contribution >= 4 is 0 Å². The second-order valence-corrected chi connectivity index (χ2v) is 11.1. The van der Waals surface area contributed by atoms with Crippen LogP contribution >= 0.6 is 0 Å². The molecule has 1 rings (SSSR count). The number of nitrogens with zero attached hydrogens (tertiary/aromatic N) is 2. The van der Waals surface area contributed by atoms with Crippen molar-refractivity contribution in [2.45, 2.75) is 181 Å². The summed E-state index contributed by atoms with van der Waals surface area (Å²) in [6, 6.07) is 0. The zero-order valence-electron chi connectivity index (χ0n) is 24.0. The maximum atomic E-state index is 2.69. The summed E-state index contributed by atoms with van der Waals surface area (Å²) in [4.78, 5) is 5.36. The Morgan fingerprint density at radius 2 is 0.676 bits per heavy atom. The predicted octanol–water partition coefficient (Wildman–Crippen LogP) is 10.8. The summed E-state index contributed by atoms with van der Waals surface area (Å²) < 4.78 is 0. The highest BCUT2D eigenvalue weighted by Crippen LogP contribution is 2.24. The highest BCUT2D eigenvalue weighted by atomic mass is 15.4. The summed E-state index contributed by atoms with van der Waals surface area (Å²) in [5, 5.41) is 0. The van der Waals surface area contributed by atoms with Crippen LogP contribution in [0.25, 0.3) is 0 Å². The number of hydrogen-bond acceptors (Lipinski definition) is 2. The molecule has 0 saturated carbocycles. The third-order valence-electron chi connectivity index (χ3n) is 7.82. The molecule has 0 bridgehead atoms. The first-order chi connectivity index (χ1) is 16.8. The zero-order chi connectivity index (χ0) is 24.5. The van der Waals surface area contributed by atoms with Gasteiger partial charge in [0.15, 0.2) is 0 Å². The largest absolute Gasteiger partial charge is 0.356 e. The third-order valence-corrected chi connectivity index (χ3v) is 7.82. The Morgan fingerprint density at radius 3 is 1.06 bits per heavy atom. The molecule has 0 spiro atoms. The summed E-state index contributed by atoms with van der Waals surface area (Å²) in [5.41, 5.74) is 0. The van der Waals surface area contributed by atoms with Gasteiger partial charge in [-0.15, -0.1) is 0 Å². The van der Waals surface area contributed by atoms with E-state index in [4.69, 9.17) is 0 Å². The highest BCUT2D eigenvalue weighted by Gasteiger charge is 2.24. The Labute approximate surface area is 216 Å². The van der Waals surface area contributed by atoms with Gasteiger partial charge < -0.3 is 9.80 Å². The van der Waals surface area contributed by atoms with Crippen molar-refractivity contribution < 1.29 is 0 Å². The molecular formula is C32H64N2. The lowest BCUT2D eigenvalue weighted by Gasteiger charge is -2.33. The third kappa shape index (κ3) is 16.9. The Bertz CT molecular complexity index is 433. The summed E-state index contributed by atoms with van der Waals surface area (Å²) >= 11 is 0. The molecule has 34 heavy (non-hydrogen) atoms. The lowest BCUT2D eigenvalue weighted by molar-refractivity contribution is 0.135. The van der Waals surface area contributed by atoms with E-state index in [1.807, 2.05) is 0 Å². The van der Waals surface area contributed by atoms with Crippen molar-refractivity contribution in [1.29, 1.82) is 0 Å². The van der Waals surface area contributed by atoms with Gasteiger partial charge in [0.25, 0.3) is 0 Å². The molecular weight excluding hydrogens is 412 g/mol. The zero-order valence-corrected chi connectivity index (χ0v) is 24.0. The van der Waals surface area contributed by atoms with Crippen LogP contribution in [0.15, 0.2) is 12.4 Å². The number of rotatable bonds is 26. The van der Waals surface area contributed by atoms with Crippen LogP contribution in [0.3, 0.4) is 0 Å². The molecule has 1 heterocycles. The molecule has 0 aromatic rings. The molecule has 1 atom stereocenters. The van der Waals surface area contributed by atoms with Crippen LogP contribution in [0.1, 0.15) is 175 Å². The minimum atomic E-state index is 0.643. The van der Waals surface area contributed by atoms with Crippen LogP contribution in [-0.4, -0.2) is 29.1 Å².